The molecule has 1 unspecified atom stereocenters. The Morgan fingerprint density at radius 3 is 2.67 bits per heavy atom. The summed E-state index contributed by atoms with van der Waals surface area (Å²) in [5.74, 6) is 0.117. The molecule has 4 rings (SSSR count). The van der Waals surface area contributed by atoms with Crippen molar-refractivity contribution < 1.29 is 4.79 Å². The third-order valence-corrected chi connectivity index (χ3v) is 5.74. The van der Waals surface area contributed by atoms with Gasteiger partial charge in [-0.05, 0) is 64.6 Å². The third-order valence-electron chi connectivity index (χ3n) is 5.74. The molecule has 1 saturated heterocycles. The minimum atomic E-state index is 0. The lowest BCUT2D eigenvalue weighted by atomic mass is 9.95. The van der Waals surface area contributed by atoms with Crippen molar-refractivity contribution >= 4 is 18.3 Å². The van der Waals surface area contributed by atoms with Gasteiger partial charge in [0.1, 0.15) is 0 Å². The van der Waals surface area contributed by atoms with Gasteiger partial charge in [0.15, 0.2) is 5.69 Å². The van der Waals surface area contributed by atoms with Crippen molar-refractivity contribution in [3.05, 3.63) is 46.8 Å². The summed E-state index contributed by atoms with van der Waals surface area (Å²) in [6.07, 6.45) is 6.44. The highest BCUT2D eigenvalue weighted by molar-refractivity contribution is 5.94. The summed E-state index contributed by atoms with van der Waals surface area (Å²) in [5, 5.41) is 8.06. The first kappa shape index (κ1) is 19.9. The normalized spacial score (nSPS) is 18.9. The fourth-order valence-corrected chi connectivity index (χ4v) is 4.36. The van der Waals surface area contributed by atoms with Crippen LogP contribution in [0, 0.1) is 6.92 Å². The zero-order valence-corrected chi connectivity index (χ0v) is 17.0. The number of carbonyl (C=O) groups excluding carboxylic acids is 1. The van der Waals surface area contributed by atoms with Gasteiger partial charge in [-0.1, -0.05) is 17.7 Å². The molecular formula is C21H29ClN4O. The maximum Gasteiger partial charge on any atom is 0.274 e. The minimum absolute atomic E-state index is 0. The van der Waals surface area contributed by atoms with Gasteiger partial charge in [0, 0.05) is 30.4 Å². The number of carbonyl (C=O) groups is 1. The molecular weight excluding hydrogens is 360 g/mol. The summed E-state index contributed by atoms with van der Waals surface area (Å²) in [4.78, 5) is 15.4. The standard InChI is InChI=1S/C21H28N4O.ClH/c1-15-9-11-16(12-10-15)25-19-8-4-3-7-18(19)20(23-25)21(26)24-13-5-6-17(24)14-22-2;/h9-12,17,22H,3-8,13-14H2,1-2H3;1H. The fraction of sp³-hybridized carbons (Fsp3) is 0.524. The number of rotatable bonds is 4. The van der Waals surface area contributed by atoms with E-state index < -0.39 is 0 Å². The molecule has 2 aliphatic rings. The molecule has 1 aromatic heterocycles. The summed E-state index contributed by atoms with van der Waals surface area (Å²) in [5.41, 5.74) is 5.38. The van der Waals surface area contributed by atoms with Crippen LogP contribution in [-0.2, 0) is 12.8 Å². The van der Waals surface area contributed by atoms with Crippen molar-refractivity contribution in [2.45, 2.75) is 51.5 Å². The summed E-state index contributed by atoms with van der Waals surface area (Å²) in [6, 6.07) is 8.71. The molecule has 1 aromatic carbocycles. The number of aromatic nitrogens is 2. The van der Waals surface area contributed by atoms with E-state index in [1.54, 1.807) is 0 Å². The highest BCUT2D eigenvalue weighted by Gasteiger charge is 2.33. The molecule has 1 amide bonds. The highest BCUT2D eigenvalue weighted by atomic mass is 35.5. The number of nitrogens with one attached hydrogen (secondary N) is 1. The van der Waals surface area contributed by atoms with Crippen molar-refractivity contribution in [3.63, 3.8) is 0 Å². The highest BCUT2D eigenvalue weighted by Crippen LogP contribution is 2.29. The number of benzene rings is 1. The van der Waals surface area contributed by atoms with Crippen LogP contribution in [0.15, 0.2) is 24.3 Å². The van der Waals surface area contributed by atoms with Crippen LogP contribution in [0.4, 0.5) is 0 Å². The molecule has 1 fully saturated rings. The largest absolute Gasteiger partial charge is 0.333 e. The third kappa shape index (κ3) is 3.76. The van der Waals surface area contributed by atoms with Crippen molar-refractivity contribution in [2.75, 3.05) is 20.1 Å². The number of likely N-dealkylation sites (tertiary alicyclic amines) is 1. The molecule has 146 valence electrons. The van der Waals surface area contributed by atoms with Gasteiger partial charge in [-0.25, -0.2) is 4.68 Å². The molecule has 1 aliphatic carbocycles. The minimum Gasteiger partial charge on any atom is -0.333 e. The summed E-state index contributed by atoms with van der Waals surface area (Å²) in [6.45, 7) is 3.79. The van der Waals surface area contributed by atoms with Crippen molar-refractivity contribution in [3.8, 4) is 5.69 Å². The van der Waals surface area contributed by atoms with E-state index >= 15 is 0 Å². The topological polar surface area (TPSA) is 50.2 Å². The second-order valence-electron chi connectivity index (χ2n) is 7.58. The maximum atomic E-state index is 13.3. The number of hydrogen-bond donors (Lipinski definition) is 1. The van der Waals surface area contributed by atoms with Crippen LogP contribution >= 0.6 is 12.4 Å². The molecule has 0 saturated carbocycles. The Morgan fingerprint density at radius 2 is 1.93 bits per heavy atom. The lowest BCUT2D eigenvalue weighted by Gasteiger charge is -2.24. The number of fused-ring (bicyclic) bond motifs is 1. The predicted molar refractivity (Wildman–Crippen MR) is 110 cm³/mol. The second kappa shape index (κ2) is 8.44. The zero-order chi connectivity index (χ0) is 18.1. The Balaban J connectivity index is 0.00000210. The Kier molecular flexibility index (Phi) is 6.22. The van der Waals surface area contributed by atoms with Gasteiger partial charge in [0.05, 0.1) is 5.69 Å². The van der Waals surface area contributed by atoms with Gasteiger partial charge in [-0.2, -0.15) is 5.10 Å². The molecule has 0 spiro atoms. The van der Waals surface area contributed by atoms with Crippen LogP contribution in [0.1, 0.15) is 53.0 Å². The summed E-state index contributed by atoms with van der Waals surface area (Å²) >= 11 is 0. The van der Waals surface area contributed by atoms with E-state index in [0.717, 1.165) is 50.9 Å². The Bertz CT molecular complexity index is 799. The Morgan fingerprint density at radius 1 is 1.19 bits per heavy atom. The quantitative estimate of drug-likeness (QED) is 0.874. The van der Waals surface area contributed by atoms with Crippen LogP contribution in [0.2, 0.25) is 0 Å². The molecule has 1 atom stereocenters. The number of hydrogen-bond acceptors (Lipinski definition) is 3. The van der Waals surface area contributed by atoms with Gasteiger partial charge in [-0.3, -0.25) is 4.79 Å². The van der Waals surface area contributed by atoms with Gasteiger partial charge in [0.25, 0.3) is 5.91 Å². The lowest BCUT2D eigenvalue weighted by molar-refractivity contribution is 0.0729. The molecule has 2 heterocycles. The number of nitrogens with zero attached hydrogens (tertiary/aromatic N) is 3. The SMILES string of the molecule is CNCC1CCCN1C(=O)c1nn(-c2ccc(C)cc2)c2c1CCCC2.Cl. The number of halogens is 1. The molecule has 2 aromatic rings. The Labute approximate surface area is 167 Å². The smallest absolute Gasteiger partial charge is 0.274 e. The van der Waals surface area contributed by atoms with E-state index in [1.165, 1.54) is 23.2 Å². The number of amides is 1. The second-order valence-corrected chi connectivity index (χ2v) is 7.58. The number of aryl methyl sites for hydroxylation is 1. The first-order valence-corrected chi connectivity index (χ1v) is 9.82. The fourth-order valence-electron chi connectivity index (χ4n) is 4.36. The van der Waals surface area contributed by atoms with E-state index in [4.69, 9.17) is 5.10 Å². The molecule has 5 nitrogen and oxygen atoms in total. The molecule has 0 bridgehead atoms. The van der Waals surface area contributed by atoms with E-state index in [-0.39, 0.29) is 24.4 Å². The number of likely N-dealkylation sites (N-methyl/N-ethyl adjacent to an activating group) is 1. The Hall–Kier alpha value is -1.85. The average Bonchev–Trinajstić information content (AvgIpc) is 3.27. The lowest BCUT2D eigenvalue weighted by Crippen LogP contribution is -2.41. The monoisotopic (exact) mass is 388 g/mol. The first-order valence-electron chi connectivity index (χ1n) is 9.82. The van der Waals surface area contributed by atoms with Crippen LogP contribution in [0.5, 0.6) is 0 Å². The molecule has 1 N–H and O–H groups in total. The van der Waals surface area contributed by atoms with Gasteiger partial charge in [-0.15, -0.1) is 12.4 Å². The van der Waals surface area contributed by atoms with E-state index in [1.807, 2.05) is 16.6 Å². The van der Waals surface area contributed by atoms with E-state index in [0.29, 0.717) is 5.69 Å². The zero-order valence-electron chi connectivity index (χ0n) is 16.2. The van der Waals surface area contributed by atoms with E-state index in [2.05, 4.69) is 36.5 Å². The van der Waals surface area contributed by atoms with E-state index in [9.17, 15) is 4.79 Å². The van der Waals surface area contributed by atoms with Crippen LogP contribution in [0.3, 0.4) is 0 Å². The van der Waals surface area contributed by atoms with Crippen molar-refractivity contribution in [1.29, 1.82) is 0 Å². The van der Waals surface area contributed by atoms with Crippen LogP contribution < -0.4 is 5.32 Å². The molecule has 27 heavy (non-hydrogen) atoms. The summed E-state index contributed by atoms with van der Waals surface area (Å²) < 4.78 is 2.02. The van der Waals surface area contributed by atoms with Crippen molar-refractivity contribution in [1.82, 2.24) is 20.0 Å². The average molecular weight is 389 g/mol. The molecule has 6 heteroatoms. The summed E-state index contributed by atoms with van der Waals surface area (Å²) in [7, 11) is 1.95. The predicted octanol–water partition coefficient (Wildman–Crippen LogP) is 3.31. The first-order chi connectivity index (χ1) is 12.7. The maximum absolute atomic E-state index is 13.3. The van der Waals surface area contributed by atoms with Crippen LogP contribution in [-0.4, -0.2) is 46.8 Å². The molecule has 1 aliphatic heterocycles. The van der Waals surface area contributed by atoms with Crippen molar-refractivity contribution in [2.24, 2.45) is 0 Å². The van der Waals surface area contributed by atoms with Gasteiger partial charge >= 0.3 is 0 Å². The van der Waals surface area contributed by atoms with Gasteiger partial charge < -0.3 is 10.2 Å². The van der Waals surface area contributed by atoms with Crippen LogP contribution in [0.25, 0.3) is 5.69 Å². The van der Waals surface area contributed by atoms with Gasteiger partial charge in [0.2, 0.25) is 0 Å². The molecule has 0 radical (unpaired) electrons.